The summed E-state index contributed by atoms with van der Waals surface area (Å²) in [6.07, 6.45) is 9.66. The standard InChI is InChI=1S/C121H131N4O10P3/c1-8-12-37-67-132-118-97-71-99-77-106(123(84-94-41-23-16-24-42-94)115(126)87-136(129,109-43-25-17-26-44-109)110-45-27-18-28-46-110)79-101(119(99)133-68-38-13-9-2)73-103-81-108(125(86-96-65-59-92(7)60-66-96)117(128)89-138(131,113-51-33-21-34-52-113)114-53-35-22-36-54-114)82-104(121(103)135-70-40-15-11-4)74-102-80-107(78-100(120(102)134-69-39-14-10-3)72-98(118)76-105(75-97)122-83-93-61-55-90(5)56-62-93)124(85-95-63-57-91(6)58-64-95)116(127)88-137(130,111-47-29-19-30-48-111)112-49-31-20-32-50-112/h16-36,41-66,75-82,122H,8-15,37-40,67-74,83-89H2,1-7H3. The predicted molar refractivity (Wildman–Crippen MR) is 572 cm³/mol. The monoisotopic (exact) mass is 1890 g/mol. The summed E-state index contributed by atoms with van der Waals surface area (Å²) >= 11 is 0. The third-order valence-electron chi connectivity index (χ3n) is 26.1. The molecule has 14 nitrogen and oxygen atoms in total. The second-order valence-electron chi connectivity index (χ2n) is 36.8. The SMILES string of the molecule is CCCCCOc1c2cc(NCc3ccc(C)cc3)cc1Cc1cc(N(Cc3ccc(C)cc3)C(=O)CP(=O)(c3ccccc3)c3ccccc3)cc(c1OCCCCC)Cc1cc(N(Cc3ccc(C)cc3)C(=O)CP(=O)(c3ccccc3)c3ccccc3)cc(c1OCCCCC)Cc1cc(N(Cc3ccccc3)C(=O)CP(=O)(c3ccccc3)c3ccccc3)cc(c1OCCCCC)C2. The Morgan fingerprint density at radius 3 is 0.710 bits per heavy atom. The van der Waals surface area contributed by atoms with E-state index in [2.05, 4.69) is 168 Å². The van der Waals surface area contributed by atoms with Crippen molar-refractivity contribution in [3.05, 3.63) is 417 Å². The van der Waals surface area contributed by atoms with Crippen LogP contribution in [-0.4, -0.2) is 62.6 Å². The molecule has 0 saturated carbocycles. The second-order valence-corrected chi connectivity index (χ2v) is 45.3. The van der Waals surface area contributed by atoms with Gasteiger partial charge in [0, 0.05) is 131 Å². The highest BCUT2D eigenvalue weighted by atomic mass is 31.2. The molecule has 1 aliphatic carbocycles. The van der Waals surface area contributed by atoms with Gasteiger partial charge in [0.05, 0.1) is 64.5 Å². The molecule has 0 aromatic heterocycles. The van der Waals surface area contributed by atoms with E-state index in [1.165, 1.54) is 0 Å². The van der Waals surface area contributed by atoms with Crippen molar-refractivity contribution >= 4 is 93.7 Å². The van der Waals surface area contributed by atoms with Crippen LogP contribution in [0.25, 0.3) is 0 Å². The lowest BCUT2D eigenvalue weighted by molar-refractivity contribution is -0.117. The molecule has 710 valence electrons. The van der Waals surface area contributed by atoms with Crippen molar-refractivity contribution in [3.63, 3.8) is 0 Å². The topological polar surface area (TPSA) is 161 Å². The molecular weight excluding hydrogens is 1760 g/mol. The van der Waals surface area contributed by atoms with Gasteiger partial charge in [-0.25, -0.2) is 0 Å². The number of carbonyl (C=O) groups excluding carboxylic acids is 3. The van der Waals surface area contributed by atoms with Gasteiger partial charge < -0.3 is 52.7 Å². The normalized spacial score (nSPS) is 12.0. The third kappa shape index (κ3) is 25.4. The maximum Gasteiger partial charge on any atom is 0.235 e. The third-order valence-corrected chi connectivity index (χ3v) is 35.0. The van der Waals surface area contributed by atoms with Crippen molar-refractivity contribution < 1.29 is 47.0 Å². The Bertz CT molecular complexity index is 6390. The highest BCUT2D eigenvalue weighted by molar-refractivity contribution is 7.80. The van der Waals surface area contributed by atoms with Gasteiger partial charge in [-0.1, -0.05) is 381 Å². The number of unbranched alkanes of at least 4 members (excludes halogenated alkanes) is 8. The molecule has 1 N–H and O–H groups in total. The van der Waals surface area contributed by atoms with E-state index in [-0.39, 0.29) is 81.5 Å². The van der Waals surface area contributed by atoms with E-state index >= 15 is 28.1 Å². The Morgan fingerprint density at radius 2 is 0.478 bits per heavy atom. The van der Waals surface area contributed by atoms with Crippen molar-refractivity contribution in [1.82, 2.24) is 0 Å². The second kappa shape index (κ2) is 48.5. The molecule has 17 heteroatoms. The van der Waals surface area contributed by atoms with Gasteiger partial charge in [0.2, 0.25) is 17.7 Å². The number of carbonyl (C=O) groups is 3. The number of nitrogens with one attached hydrogen (secondary N) is 1. The van der Waals surface area contributed by atoms with Crippen LogP contribution in [0.4, 0.5) is 22.7 Å². The summed E-state index contributed by atoms with van der Waals surface area (Å²) in [4.78, 5) is 56.3. The molecule has 0 heterocycles. The number of anilines is 4. The molecule has 0 unspecified atom stereocenters. The molecule has 0 aliphatic heterocycles. The summed E-state index contributed by atoms with van der Waals surface area (Å²) < 4.78 is 80.9. The van der Waals surface area contributed by atoms with Crippen LogP contribution in [0.3, 0.4) is 0 Å². The lowest BCUT2D eigenvalue weighted by Gasteiger charge is -2.30. The number of benzene rings is 14. The Morgan fingerprint density at radius 1 is 0.268 bits per heavy atom. The number of aryl methyl sites for hydroxylation is 3. The van der Waals surface area contributed by atoms with Crippen LogP contribution in [0, 0.1) is 20.8 Å². The van der Waals surface area contributed by atoms with Crippen molar-refractivity contribution in [1.29, 1.82) is 0 Å². The van der Waals surface area contributed by atoms with Crippen LogP contribution in [-0.2, 0) is 79.9 Å². The van der Waals surface area contributed by atoms with Crippen molar-refractivity contribution in [2.24, 2.45) is 0 Å². The van der Waals surface area contributed by atoms with Crippen LogP contribution in [0.5, 0.6) is 23.0 Å². The van der Waals surface area contributed by atoms with Gasteiger partial charge in [0.15, 0.2) is 21.4 Å². The molecule has 14 aromatic carbocycles. The molecule has 15 rings (SSSR count). The molecule has 8 bridgehead atoms. The molecule has 0 radical (unpaired) electrons. The smallest absolute Gasteiger partial charge is 0.235 e. The van der Waals surface area contributed by atoms with Gasteiger partial charge in [0.25, 0.3) is 0 Å². The van der Waals surface area contributed by atoms with Crippen LogP contribution >= 0.6 is 21.4 Å². The molecule has 0 atom stereocenters. The highest BCUT2D eigenvalue weighted by Gasteiger charge is 2.39. The fourth-order valence-electron chi connectivity index (χ4n) is 18.5. The molecule has 14 aromatic rings. The largest absolute Gasteiger partial charge is 0.493 e. The maximum atomic E-state index is 17.1. The lowest BCUT2D eigenvalue weighted by atomic mass is 9.89. The summed E-state index contributed by atoms with van der Waals surface area (Å²) in [7, 11) is -11.3. The minimum atomic E-state index is -3.81. The molecular formula is C121H131N4O10P3. The summed E-state index contributed by atoms with van der Waals surface area (Å²) in [5.74, 6) is 1.32. The zero-order valence-corrected chi connectivity index (χ0v) is 83.8. The Labute approximate surface area is 817 Å². The van der Waals surface area contributed by atoms with Gasteiger partial charge in [-0.05, 0) is 117 Å². The fraction of sp³-hybridized carbons (Fsp3) is 0.281. The van der Waals surface area contributed by atoms with E-state index in [1.807, 2.05) is 229 Å². The zero-order chi connectivity index (χ0) is 96.2. The number of rotatable bonds is 44. The van der Waals surface area contributed by atoms with E-state index in [0.29, 0.717) is 134 Å². The van der Waals surface area contributed by atoms with E-state index in [4.69, 9.17) is 18.9 Å². The van der Waals surface area contributed by atoms with Crippen LogP contribution in [0.2, 0.25) is 0 Å². The summed E-state index contributed by atoms with van der Waals surface area (Å²) in [6.45, 7) is 17.0. The average molecular weight is 1890 g/mol. The Kier molecular flexibility index (Phi) is 35.0. The molecule has 0 fully saturated rings. The van der Waals surface area contributed by atoms with Crippen LogP contribution < -0.4 is 70.8 Å². The number of ether oxygens (including phenoxy) is 4. The summed E-state index contributed by atoms with van der Waals surface area (Å²) in [5, 5.41) is 7.29. The zero-order valence-electron chi connectivity index (χ0n) is 81.1. The first-order chi connectivity index (χ1) is 67.3. The number of amides is 3. The fourth-order valence-corrected chi connectivity index (χ4v) is 26.1. The minimum absolute atomic E-state index is 0.0653. The van der Waals surface area contributed by atoms with Gasteiger partial charge in [-0.2, -0.15) is 0 Å². The predicted octanol–water partition coefficient (Wildman–Crippen LogP) is 25.8. The van der Waals surface area contributed by atoms with Gasteiger partial charge in [0.1, 0.15) is 23.0 Å². The number of nitrogens with zero attached hydrogens (tertiary/aromatic N) is 3. The van der Waals surface area contributed by atoms with Crippen molar-refractivity contribution in [2.45, 2.75) is 177 Å². The average Bonchev–Trinajstić information content (AvgIpc) is 0.756. The van der Waals surface area contributed by atoms with Crippen LogP contribution in [0.1, 0.15) is 188 Å². The van der Waals surface area contributed by atoms with E-state index in [0.717, 1.165) is 138 Å². The van der Waals surface area contributed by atoms with Gasteiger partial charge >= 0.3 is 0 Å². The summed E-state index contributed by atoms with van der Waals surface area (Å²) in [6, 6.07) is 108. The summed E-state index contributed by atoms with van der Waals surface area (Å²) in [5.41, 5.74) is 15.2. The first-order valence-electron chi connectivity index (χ1n) is 49.4. The molecule has 138 heavy (non-hydrogen) atoms. The van der Waals surface area contributed by atoms with Crippen molar-refractivity contribution in [3.8, 4) is 23.0 Å². The Balaban J connectivity index is 1.07. The van der Waals surface area contributed by atoms with Gasteiger partial charge in [-0.3, -0.25) is 14.4 Å². The van der Waals surface area contributed by atoms with Crippen molar-refractivity contribution in [2.75, 3.05) is 64.9 Å². The Hall–Kier alpha value is -12.8. The quantitative estimate of drug-likeness (QED) is 0.0286. The molecule has 0 spiro atoms. The minimum Gasteiger partial charge on any atom is -0.493 e. The maximum absolute atomic E-state index is 17.1. The van der Waals surface area contributed by atoms with Gasteiger partial charge in [-0.15, -0.1) is 0 Å². The van der Waals surface area contributed by atoms with E-state index in [1.54, 1.807) is 4.90 Å². The van der Waals surface area contributed by atoms with E-state index < -0.39 is 21.4 Å². The number of hydrogen-bond acceptors (Lipinski definition) is 11. The number of hydrogen-bond donors (Lipinski definition) is 1. The molecule has 3 amide bonds. The van der Waals surface area contributed by atoms with E-state index in [9.17, 15) is 0 Å². The number of fused-ring (bicyclic) bond motifs is 8. The first-order valence-corrected chi connectivity index (χ1v) is 55.1. The highest BCUT2D eigenvalue weighted by Crippen LogP contribution is 2.51. The molecule has 1 aliphatic rings. The first kappa shape index (κ1) is 99.7. The van der Waals surface area contributed by atoms with Crippen LogP contribution in [0.15, 0.2) is 334 Å². The molecule has 0 saturated heterocycles. The lowest BCUT2D eigenvalue weighted by Crippen LogP contribution is -2.36.